The average Bonchev–Trinajstić information content (AvgIpc) is 3.07. The molecule has 2 aromatic heterocycles. The Morgan fingerprint density at radius 3 is 2.71 bits per heavy atom. The van der Waals surface area contributed by atoms with E-state index in [9.17, 15) is 4.79 Å². The molecule has 28 heavy (non-hydrogen) atoms. The summed E-state index contributed by atoms with van der Waals surface area (Å²) in [6.45, 7) is 2.32. The van der Waals surface area contributed by atoms with Gasteiger partial charge in [0.15, 0.2) is 5.69 Å². The second kappa shape index (κ2) is 7.52. The first-order chi connectivity index (χ1) is 13.7. The molecule has 2 heterocycles. The lowest BCUT2D eigenvalue weighted by Crippen LogP contribution is -2.05. The molecule has 0 radical (unpaired) electrons. The molecule has 0 bridgehead atoms. The lowest BCUT2D eigenvalue weighted by molar-refractivity contribution is 0.0593. The van der Waals surface area contributed by atoms with E-state index in [0.29, 0.717) is 23.6 Å². The van der Waals surface area contributed by atoms with E-state index >= 15 is 0 Å². The number of methoxy groups -OCH3 is 1. The van der Waals surface area contributed by atoms with Gasteiger partial charge in [-0.05, 0) is 30.7 Å². The number of nitrogens with zero attached hydrogens (tertiary/aromatic N) is 2. The summed E-state index contributed by atoms with van der Waals surface area (Å²) in [6, 6.07) is 15.6. The van der Waals surface area contributed by atoms with E-state index in [0.717, 1.165) is 22.3 Å². The standard InChI is InChI=1S/C22H18N2O4/c1-14-21(18-11-23-12-19(24-18)22(25)26-2)17-10-16(8-9-20(17)28-14)27-13-15-6-4-3-5-7-15/h3-12H,13H2,1-2H3. The van der Waals surface area contributed by atoms with Crippen LogP contribution in [0.25, 0.3) is 22.2 Å². The molecule has 0 unspecified atom stereocenters. The molecule has 6 heteroatoms. The van der Waals surface area contributed by atoms with Gasteiger partial charge < -0.3 is 13.9 Å². The number of fused-ring (bicyclic) bond motifs is 1. The molecule has 0 spiro atoms. The number of rotatable bonds is 5. The van der Waals surface area contributed by atoms with Crippen molar-refractivity contribution in [3.05, 3.63) is 77.9 Å². The van der Waals surface area contributed by atoms with Crippen LogP contribution in [0.4, 0.5) is 0 Å². The number of furan rings is 1. The van der Waals surface area contributed by atoms with Gasteiger partial charge >= 0.3 is 5.97 Å². The van der Waals surface area contributed by atoms with Crippen molar-refractivity contribution < 1.29 is 18.7 Å². The van der Waals surface area contributed by atoms with Crippen LogP contribution in [0.3, 0.4) is 0 Å². The molecule has 4 aromatic rings. The molecule has 0 aliphatic heterocycles. The first kappa shape index (κ1) is 17.7. The van der Waals surface area contributed by atoms with Crippen LogP contribution in [0.15, 0.2) is 65.3 Å². The molecule has 0 aliphatic carbocycles. The SMILES string of the molecule is COC(=O)c1cncc(-c2c(C)oc3ccc(OCc4ccccc4)cc23)n1. The Labute approximate surface area is 161 Å². The summed E-state index contributed by atoms with van der Waals surface area (Å²) < 4.78 is 16.5. The Hall–Kier alpha value is -3.67. The summed E-state index contributed by atoms with van der Waals surface area (Å²) in [5.74, 6) is 0.869. The lowest BCUT2D eigenvalue weighted by Gasteiger charge is -2.07. The Morgan fingerprint density at radius 2 is 1.93 bits per heavy atom. The second-order valence-electron chi connectivity index (χ2n) is 6.25. The highest BCUT2D eigenvalue weighted by Crippen LogP contribution is 2.35. The lowest BCUT2D eigenvalue weighted by atomic mass is 10.1. The Balaban J connectivity index is 1.71. The van der Waals surface area contributed by atoms with Gasteiger partial charge in [-0.25, -0.2) is 9.78 Å². The molecule has 0 aliphatic rings. The fraction of sp³-hybridized carbons (Fsp3) is 0.136. The fourth-order valence-corrected chi connectivity index (χ4v) is 3.04. The number of aryl methyl sites for hydroxylation is 1. The third kappa shape index (κ3) is 3.44. The summed E-state index contributed by atoms with van der Waals surface area (Å²) >= 11 is 0. The zero-order valence-corrected chi connectivity index (χ0v) is 15.5. The quantitative estimate of drug-likeness (QED) is 0.477. The summed E-state index contributed by atoms with van der Waals surface area (Å²) in [6.07, 6.45) is 2.97. The minimum Gasteiger partial charge on any atom is -0.489 e. The average molecular weight is 374 g/mol. The highest BCUT2D eigenvalue weighted by molar-refractivity contribution is 5.96. The number of hydrogen-bond acceptors (Lipinski definition) is 6. The van der Waals surface area contributed by atoms with Crippen LogP contribution >= 0.6 is 0 Å². The maximum atomic E-state index is 11.8. The van der Waals surface area contributed by atoms with Crippen LogP contribution in [-0.4, -0.2) is 23.0 Å². The first-order valence-corrected chi connectivity index (χ1v) is 8.76. The van der Waals surface area contributed by atoms with E-state index in [1.807, 2.05) is 55.5 Å². The van der Waals surface area contributed by atoms with Crippen LogP contribution in [0.5, 0.6) is 5.75 Å². The van der Waals surface area contributed by atoms with Crippen molar-refractivity contribution in [1.82, 2.24) is 9.97 Å². The maximum Gasteiger partial charge on any atom is 0.358 e. The largest absolute Gasteiger partial charge is 0.489 e. The molecule has 0 atom stereocenters. The van der Waals surface area contributed by atoms with Crippen molar-refractivity contribution in [2.24, 2.45) is 0 Å². The predicted molar refractivity (Wildman–Crippen MR) is 104 cm³/mol. The van der Waals surface area contributed by atoms with Gasteiger partial charge in [-0.3, -0.25) is 4.98 Å². The molecule has 0 saturated heterocycles. The molecular formula is C22H18N2O4. The van der Waals surface area contributed by atoms with Crippen LogP contribution in [-0.2, 0) is 11.3 Å². The monoisotopic (exact) mass is 374 g/mol. The summed E-state index contributed by atoms with van der Waals surface area (Å²) in [5.41, 5.74) is 3.26. The van der Waals surface area contributed by atoms with Gasteiger partial charge in [0.25, 0.3) is 0 Å². The summed E-state index contributed by atoms with van der Waals surface area (Å²) in [7, 11) is 1.31. The molecule has 4 rings (SSSR count). The summed E-state index contributed by atoms with van der Waals surface area (Å²) in [4.78, 5) is 20.3. The van der Waals surface area contributed by atoms with E-state index < -0.39 is 5.97 Å². The van der Waals surface area contributed by atoms with Crippen molar-refractivity contribution in [3.8, 4) is 17.0 Å². The number of ether oxygens (including phenoxy) is 2. The van der Waals surface area contributed by atoms with E-state index in [1.165, 1.54) is 13.3 Å². The number of carbonyl (C=O) groups is 1. The number of aromatic nitrogens is 2. The van der Waals surface area contributed by atoms with E-state index in [2.05, 4.69) is 9.97 Å². The number of carbonyl (C=O) groups excluding carboxylic acids is 1. The van der Waals surface area contributed by atoms with Crippen LogP contribution in [0, 0.1) is 6.92 Å². The Kier molecular flexibility index (Phi) is 4.76. The van der Waals surface area contributed by atoms with Crippen molar-refractivity contribution in [2.75, 3.05) is 7.11 Å². The van der Waals surface area contributed by atoms with Gasteiger partial charge in [-0.15, -0.1) is 0 Å². The zero-order valence-electron chi connectivity index (χ0n) is 15.5. The van der Waals surface area contributed by atoms with Crippen molar-refractivity contribution in [3.63, 3.8) is 0 Å². The van der Waals surface area contributed by atoms with Gasteiger partial charge in [-0.1, -0.05) is 30.3 Å². The van der Waals surface area contributed by atoms with Crippen LogP contribution < -0.4 is 4.74 Å². The van der Waals surface area contributed by atoms with E-state index in [-0.39, 0.29) is 5.69 Å². The second-order valence-corrected chi connectivity index (χ2v) is 6.25. The van der Waals surface area contributed by atoms with Gasteiger partial charge in [0.1, 0.15) is 23.7 Å². The smallest absolute Gasteiger partial charge is 0.358 e. The predicted octanol–water partition coefficient (Wildman–Crippen LogP) is 4.56. The molecular weight excluding hydrogens is 356 g/mol. The Morgan fingerprint density at radius 1 is 1.11 bits per heavy atom. The van der Waals surface area contributed by atoms with Gasteiger partial charge in [0.2, 0.25) is 0 Å². The first-order valence-electron chi connectivity index (χ1n) is 8.76. The van der Waals surface area contributed by atoms with Gasteiger partial charge in [-0.2, -0.15) is 0 Å². The highest BCUT2D eigenvalue weighted by Gasteiger charge is 2.17. The molecule has 0 amide bonds. The van der Waals surface area contributed by atoms with E-state index in [1.54, 1.807) is 6.20 Å². The number of esters is 1. The van der Waals surface area contributed by atoms with Gasteiger partial charge in [0.05, 0.1) is 30.8 Å². The highest BCUT2D eigenvalue weighted by atomic mass is 16.5. The number of benzene rings is 2. The molecule has 0 fully saturated rings. The topological polar surface area (TPSA) is 74.5 Å². The van der Waals surface area contributed by atoms with Crippen molar-refractivity contribution in [1.29, 1.82) is 0 Å². The van der Waals surface area contributed by atoms with E-state index in [4.69, 9.17) is 13.9 Å². The molecule has 6 nitrogen and oxygen atoms in total. The maximum absolute atomic E-state index is 11.8. The summed E-state index contributed by atoms with van der Waals surface area (Å²) in [5, 5.41) is 0.847. The normalized spacial score (nSPS) is 10.8. The fourth-order valence-electron chi connectivity index (χ4n) is 3.04. The minimum absolute atomic E-state index is 0.144. The number of hydrogen-bond donors (Lipinski definition) is 0. The molecule has 0 saturated carbocycles. The molecule has 140 valence electrons. The van der Waals surface area contributed by atoms with Crippen molar-refractivity contribution in [2.45, 2.75) is 13.5 Å². The van der Waals surface area contributed by atoms with Gasteiger partial charge in [0, 0.05) is 5.39 Å². The van der Waals surface area contributed by atoms with Crippen LogP contribution in [0.1, 0.15) is 21.8 Å². The van der Waals surface area contributed by atoms with Crippen LogP contribution in [0.2, 0.25) is 0 Å². The minimum atomic E-state index is -0.535. The third-order valence-electron chi connectivity index (χ3n) is 4.37. The molecule has 2 aromatic carbocycles. The Bertz CT molecular complexity index is 1140. The third-order valence-corrected chi connectivity index (χ3v) is 4.37. The zero-order chi connectivity index (χ0) is 19.5. The molecule has 0 N–H and O–H groups in total. The van der Waals surface area contributed by atoms with Crippen molar-refractivity contribution >= 4 is 16.9 Å².